The van der Waals surface area contributed by atoms with Crippen LogP contribution in [0.2, 0.25) is 0 Å². The third kappa shape index (κ3) is 7.73. The molecular weight excluding hydrogens is 188 g/mol. The lowest BCUT2D eigenvalue weighted by Gasteiger charge is -2.15. The first kappa shape index (κ1) is 14.3. The second-order valence-electron chi connectivity index (χ2n) is 4.84. The molecule has 0 amide bonds. The zero-order chi connectivity index (χ0) is 11.0. The van der Waals surface area contributed by atoms with Crippen LogP contribution in [-0.2, 0) is 0 Å². The SMILES string of the molecule is CCC(C)CCC(S)CCC(C)CC. The zero-order valence-corrected chi connectivity index (χ0v) is 11.3. The summed E-state index contributed by atoms with van der Waals surface area (Å²) in [7, 11) is 0. The van der Waals surface area contributed by atoms with E-state index >= 15 is 0 Å². The maximum absolute atomic E-state index is 4.66. The van der Waals surface area contributed by atoms with Crippen LogP contribution >= 0.6 is 12.6 Å². The van der Waals surface area contributed by atoms with Crippen LogP contribution in [0, 0.1) is 11.8 Å². The molecule has 0 heterocycles. The fraction of sp³-hybridized carbons (Fsp3) is 1.00. The Balaban J connectivity index is 3.40. The van der Waals surface area contributed by atoms with Gasteiger partial charge in [-0.1, -0.05) is 40.5 Å². The molecule has 0 saturated carbocycles. The average molecular weight is 216 g/mol. The van der Waals surface area contributed by atoms with Gasteiger partial charge in [-0.2, -0.15) is 12.6 Å². The van der Waals surface area contributed by atoms with Crippen molar-refractivity contribution >= 4 is 12.6 Å². The third-order valence-corrected chi connectivity index (χ3v) is 3.90. The van der Waals surface area contributed by atoms with Crippen molar-refractivity contribution in [3.8, 4) is 0 Å². The molecule has 0 radical (unpaired) electrons. The van der Waals surface area contributed by atoms with E-state index in [0.29, 0.717) is 5.25 Å². The Morgan fingerprint density at radius 3 is 1.43 bits per heavy atom. The normalized spacial score (nSPS) is 17.8. The first-order chi connectivity index (χ1) is 6.60. The maximum Gasteiger partial charge on any atom is 0.00170 e. The lowest BCUT2D eigenvalue weighted by Crippen LogP contribution is -2.05. The Morgan fingerprint density at radius 1 is 0.786 bits per heavy atom. The fourth-order valence-electron chi connectivity index (χ4n) is 1.51. The van der Waals surface area contributed by atoms with Crippen LogP contribution in [0.25, 0.3) is 0 Å². The monoisotopic (exact) mass is 216 g/mol. The van der Waals surface area contributed by atoms with Gasteiger partial charge < -0.3 is 0 Å². The number of thiol groups is 1. The third-order valence-electron chi connectivity index (χ3n) is 3.38. The topological polar surface area (TPSA) is 0 Å². The lowest BCUT2D eigenvalue weighted by atomic mass is 9.97. The molecule has 2 unspecified atom stereocenters. The van der Waals surface area contributed by atoms with E-state index in [1.807, 2.05) is 0 Å². The van der Waals surface area contributed by atoms with E-state index in [1.165, 1.54) is 38.5 Å². The van der Waals surface area contributed by atoms with Crippen molar-refractivity contribution in [2.45, 2.75) is 71.5 Å². The molecule has 0 saturated heterocycles. The highest BCUT2D eigenvalue weighted by Crippen LogP contribution is 2.20. The minimum Gasteiger partial charge on any atom is -0.176 e. The van der Waals surface area contributed by atoms with Gasteiger partial charge in [-0.05, 0) is 37.5 Å². The van der Waals surface area contributed by atoms with Gasteiger partial charge in [0.2, 0.25) is 0 Å². The van der Waals surface area contributed by atoms with Gasteiger partial charge in [0.05, 0.1) is 0 Å². The average Bonchev–Trinajstić information content (AvgIpc) is 2.22. The van der Waals surface area contributed by atoms with Crippen molar-refractivity contribution in [1.29, 1.82) is 0 Å². The molecular formula is C13H28S. The Bertz CT molecular complexity index is 108. The van der Waals surface area contributed by atoms with Crippen molar-refractivity contribution in [3.63, 3.8) is 0 Å². The largest absolute Gasteiger partial charge is 0.176 e. The van der Waals surface area contributed by atoms with Crippen molar-refractivity contribution in [1.82, 2.24) is 0 Å². The van der Waals surface area contributed by atoms with Crippen LogP contribution in [0.15, 0.2) is 0 Å². The molecule has 0 aliphatic carbocycles. The molecule has 0 aromatic rings. The molecule has 0 aliphatic rings. The molecule has 86 valence electrons. The fourth-order valence-corrected chi connectivity index (χ4v) is 1.80. The molecule has 1 heteroatoms. The van der Waals surface area contributed by atoms with E-state index < -0.39 is 0 Å². The number of rotatable bonds is 8. The smallest absolute Gasteiger partial charge is 0.00170 e. The van der Waals surface area contributed by atoms with Crippen molar-refractivity contribution < 1.29 is 0 Å². The molecule has 2 atom stereocenters. The maximum atomic E-state index is 4.66. The van der Waals surface area contributed by atoms with Crippen molar-refractivity contribution in [2.75, 3.05) is 0 Å². The summed E-state index contributed by atoms with van der Waals surface area (Å²) in [6.07, 6.45) is 7.93. The predicted octanol–water partition coefficient (Wildman–Crippen LogP) is 4.94. The van der Waals surface area contributed by atoms with E-state index in [-0.39, 0.29) is 0 Å². The van der Waals surface area contributed by atoms with Gasteiger partial charge >= 0.3 is 0 Å². The summed E-state index contributed by atoms with van der Waals surface area (Å²) in [5, 5.41) is 0.637. The van der Waals surface area contributed by atoms with Gasteiger partial charge in [-0.3, -0.25) is 0 Å². The van der Waals surface area contributed by atoms with Gasteiger partial charge in [0.25, 0.3) is 0 Å². The summed E-state index contributed by atoms with van der Waals surface area (Å²) in [4.78, 5) is 0. The molecule has 0 aliphatic heterocycles. The quantitative estimate of drug-likeness (QED) is 0.546. The van der Waals surface area contributed by atoms with E-state index in [2.05, 4.69) is 40.3 Å². The highest BCUT2D eigenvalue weighted by molar-refractivity contribution is 7.80. The Hall–Kier alpha value is 0.350. The van der Waals surface area contributed by atoms with Crippen LogP contribution in [0.1, 0.15) is 66.2 Å². The van der Waals surface area contributed by atoms with Crippen molar-refractivity contribution in [3.05, 3.63) is 0 Å². The molecule has 0 bridgehead atoms. The molecule has 0 nitrogen and oxygen atoms in total. The molecule has 0 fully saturated rings. The van der Waals surface area contributed by atoms with Crippen LogP contribution in [-0.4, -0.2) is 5.25 Å². The summed E-state index contributed by atoms with van der Waals surface area (Å²) in [5.41, 5.74) is 0. The Kier molecular flexibility index (Phi) is 8.86. The van der Waals surface area contributed by atoms with Crippen molar-refractivity contribution in [2.24, 2.45) is 11.8 Å². The first-order valence-corrected chi connectivity index (χ1v) is 6.79. The summed E-state index contributed by atoms with van der Waals surface area (Å²) in [6.45, 7) is 9.24. The van der Waals surface area contributed by atoms with Gasteiger partial charge in [-0.25, -0.2) is 0 Å². The van der Waals surface area contributed by atoms with Gasteiger partial charge in [0, 0.05) is 5.25 Å². The van der Waals surface area contributed by atoms with E-state index in [0.717, 1.165) is 11.8 Å². The van der Waals surface area contributed by atoms with Crippen LogP contribution in [0.5, 0.6) is 0 Å². The van der Waals surface area contributed by atoms with Crippen LogP contribution in [0.3, 0.4) is 0 Å². The number of hydrogen-bond acceptors (Lipinski definition) is 1. The standard InChI is InChI=1S/C13H28S/c1-5-11(3)7-9-13(14)10-8-12(4)6-2/h11-14H,5-10H2,1-4H3. The minimum absolute atomic E-state index is 0.637. The van der Waals surface area contributed by atoms with Crippen LogP contribution < -0.4 is 0 Å². The van der Waals surface area contributed by atoms with Gasteiger partial charge in [-0.15, -0.1) is 0 Å². The zero-order valence-electron chi connectivity index (χ0n) is 10.4. The molecule has 0 spiro atoms. The van der Waals surface area contributed by atoms with E-state index in [4.69, 9.17) is 0 Å². The summed E-state index contributed by atoms with van der Waals surface area (Å²) in [6, 6.07) is 0. The minimum atomic E-state index is 0.637. The Labute approximate surface area is 96.3 Å². The number of hydrogen-bond donors (Lipinski definition) is 1. The summed E-state index contributed by atoms with van der Waals surface area (Å²) < 4.78 is 0. The van der Waals surface area contributed by atoms with Crippen LogP contribution in [0.4, 0.5) is 0 Å². The highest BCUT2D eigenvalue weighted by Gasteiger charge is 2.07. The Morgan fingerprint density at radius 2 is 1.14 bits per heavy atom. The highest BCUT2D eigenvalue weighted by atomic mass is 32.1. The summed E-state index contributed by atoms with van der Waals surface area (Å²) in [5.74, 6) is 1.77. The lowest BCUT2D eigenvalue weighted by molar-refractivity contribution is 0.449. The molecule has 0 rings (SSSR count). The second kappa shape index (κ2) is 8.64. The first-order valence-electron chi connectivity index (χ1n) is 6.28. The molecule has 14 heavy (non-hydrogen) atoms. The molecule has 0 aromatic heterocycles. The predicted molar refractivity (Wildman–Crippen MR) is 70.2 cm³/mol. The van der Waals surface area contributed by atoms with E-state index in [1.54, 1.807) is 0 Å². The van der Waals surface area contributed by atoms with Gasteiger partial charge in [0.1, 0.15) is 0 Å². The molecule has 0 aromatic carbocycles. The summed E-state index contributed by atoms with van der Waals surface area (Å²) >= 11 is 4.66. The van der Waals surface area contributed by atoms with Gasteiger partial charge in [0.15, 0.2) is 0 Å². The van der Waals surface area contributed by atoms with E-state index in [9.17, 15) is 0 Å². The second-order valence-corrected chi connectivity index (χ2v) is 5.57. The molecule has 0 N–H and O–H groups in total.